The Balaban J connectivity index is 1.49. The number of carbonyl (C=O) groups is 2. The highest BCUT2D eigenvalue weighted by Crippen LogP contribution is 2.15. The molecule has 1 aromatic heterocycles. The molecule has 0 aliphatic carbocycles. The first kappa shape index (κ1) is 19.7. The van der Waals surface area contributed by atoms with E-state index in [0.717, 1.165) is 36.4 Å². The summed E-state index contributed by atoms with van der Waals surface area (Å²) < 4.78 is 2.21. The summed E-state index contributed by atoms with van der Waals surface area (Å²) in [6, 6.07) is 7.79. The van der Waals surface area contributed by atoms with Crippen LogP contribution in [0.4, 0.5) is 4.79 Å². The van der Waals surface area contributed by atoms with Gasteiger partial charge < -0.3 is 20.5 Å². The highest BCUT2D eigenvalue weighted by atomic mass is 16.2. The van der Waals surface area contributed by atoms with Gasteiger partial charge in [0.2, 0.25) is 5.91 Å². The van der Waals surface area contributed by atoms with Gasteiger partial charge in [-0.15, -0.1) is 0 Å². The Morgan fingerprint density at radius 1 is 1.25 bits per heavy atom. The molecule has 150 valence electrons. The lowest BCUT2D eigenvalue weighted by molar-refractivity contribution is -0.124. The number of aryl methyl sites for hydroxylation is 2. The first-order valence-electron chi connectivity index (χ1n) is 9.62. The van der Waals surface area contributed by atoms with Crippen LogP contribution in [0.25, 0.3) is 11.0 Å². The van der Waals surface area contributed by atoms with Crippen molar-refractivity contribution in [3.63, 3.8) is 0 Å². The van der Waals surface area contributed by atoms with Crippen LogP contribution in [-0.2, 0) is 11.3 Å². The van der Waals surface area contributed by atoms with Gasteiger partial charge in [-0.3, -0.25) is 14.7 Å². The molecule has 9 heteroatoms. The van der Waals surface area contributed by atoms with E-state index >= 15 is 0 Å². The van der Waals surface area contributed by atoms with E-state index in [9.17, 15) is 9.59 Å². The quantitative estimate of drug-likeness (QED) is 0.270. The number of nitrogens with zero attached hydrogens (tertiary/aromatic N) is 4. The molecule has 28 heavy (non-hydrogen) atoms. The number of para-hydroxylation sites is 2. The number of guanidine groups is 1. The van der Waals surface area contributed by atoms with Crippen molar-refractivity contribution in [2.75, 3.05) is 32.7 Å². The van der Waals surface area contributed by atoms with E-state index in [0.29, 0.717) is 25.6 Å². The zero-order valence-corrected chi connectivity index (χ0v) is 16.4. The predicted octanol–water partition coefficient (Wildman–Crippen LogP) is 0.842. The van der Waals surface area contributed by atoms with Gasteiger partial charge >= 0.3 is 6.03 Å². The summed E-state index contributed by atoms with van der Waals surface area (Å²) in [4.78, 5) is 33.5. The average Bonchev–Trinajstić information content (AvgIpc) is 3.18. The van der Waals surface area contributed by atoms with Gasteiger partial charge in [0.15, 0.2) is 5.96 Å². The molecule has 3 amide bonds. The van der Waals surface area contributed by atoms with Gasteiger partial charge in [-0.1, -0.05) is 12.1 Å². The Labute approximate surface area is 164 Å². The third-order valence-corrected chi connectivity index (χ3v) is 4.56. The van der Waals surface area contributed by atoms with Crippen molar-refractivity contribution >= 4 is 28.9 Å². The van der Waals surface area contributed by atoms with Crippen molar-refractivity contribution in [3.8, 4) is 0 Å². The van der Waals surface area contributed by atoms with Crippen LogP contribution in [0.3, 0.4) is 0 Å². The van der Waals surface area contributed by atoms with E-state index in [1.54, 1.807) is 0 Å². The topological polar surface area (TPSA) is 104 Å². The van der Waals surface area contributed by atoms with Crippen molar-refractivity contribution in [3.05, 3.63) is 30.1 Å². The van der Waals surface area contributed by atoms with Crippen LogP contribution in [0.15, 0.2) is 29.3 Å². The standard InChI is InChI=1S/C19H27N7O2/c1-3-20-18(22-10-12-26-17(27)13-23-19(26)28)21-9-6-11-25-14(2)24-15-7-4-5-8-16(15)25/h4-5,7-8H,3,6,9-13H2,1-2H3,(H,23,28)(H2,20,21,22). The molecule has 3 N–H and O–H groups in total. The molecule has 9 nitrogen and oxygen atoms in total. The molecule has 1 aromatic carbocycles. The third-order valence-electron chi connectivity index (χ3n) is 4.56. The fraction of sp³-hybridized carbons (Fsp3) is 0.474. The zero-order valence-electron chi connectivity index (χ0n) is 16.4. The molecule has 1 aliphatic rings. The maximum atomic E-state index is 11.6. The highest BCUT2D eigenvalue weighted by molar-refractivity contribution is 6.01. The number of fused-ring (bicyclic) bond motifs is 1. The second-order valence-corrected chi connectivity index (χ2v) is 6.54. The fourth-order valence-corrected chi connectivity index (χ4v) is 3.21. The van der Waals surface area contributed by atoms with Crippen molar-refractivity contribution in [1.29, 1.82) is 0 Å². The van der Waals surface area contributed by atoms with Crippen molar-refractivity contribution in [1.82, 2.24) is 30.4 Å². The monoisotopic (exact) mass is 385 g/mol. The Bertz CT molecular complexity index is 858. The molecule has 2 aromatic rings. The number of imide groups is 1. The lowest BCUT2D eigenvalue weighted by atomic mass is 10.3. The second kappa shape index (κ2) is 9.20. The Kier molecular flexibility index (Phi) is 6.46. The summed E-state index contributed by atoms with van der Waals surface area (Å²) in [5.41, 5.74) is 2.15. The van der Waals surface area contributed by atoms with Gasteiger partial charge in [0.25, 0.3) is 0 Å². The van der Waals surface area contributed by atoms with Gasteiger partial charge in [-0.2, -0.15) is 0 Å². The molecule has 0 bridgehead atoms. The minimum absolute atomic E-state index is 0.0787. The molecule has 3 rings (SSSR count). The highest BCUT2D eigenvalue weighted by Gasteiger charge is 2.27. The first-order chi connectivity index (χ1) is 13.6. The van der Waals surface area contributed by atoms with Gasteiger partial charge in [0.1, 0.15) is 5.82 Å². The molecule has 0 atom stereocenters. The van der Waals surface area contributed by atoms with Crippen LogP contribution in [0.5, 0.6) is 0 Å². The van der Waals surface area contributed by atoms with Crippen LogP contribution in [0.1, 0.15) is 19.2 Å². The maximum absolute atomic E-state index is 11.6. The number of nitrogens with one attached hydrogen (secondary N) is 3. The Hall–Kier alpha value is -3.10. The van der Waals surface area contributed by atoms with E-state index in [1.807, 2.05) is 32.0 Å². The van der Waals surface area contributed by atoms with Crippen LogP contribution < -0.4 is 16.0 Å². The van der Waals surface area contributed by atoms with Gasteiger partial charge in [0.05, 0.1) is 17.6 Å². The lowest BCUT2D eigenvalue weighted by Gasteiger charge is -2.15. The Morgan fingerprint density at radius 3 is 2.82 bits per heavy atom. The van der Waals surface area contributed by atoms with Crippen molar-refractivity contribution in [2.24, 2.45) is 4.99 Å². The molecular weight excluding hydrogens is 358 g/mol. The second-order valence-electron chi connectivity index (χ2n) is 6.54. The number of urea groups is 1. The van der Waals surface area contributed by atoms with E-state index in [-0.39, 0.29) is 18.5 Å². The Morgan fingerprint density at radius 2 is 2.07 bits per heavy atom. The van der Waals surface area contributed by atoms with Gasteiger partial charge in [-0.05, 0) is 32.4 Å². The summed E-state index contributed by atoms with van der Waals surface area (Å²) in [6.45, 7) is 7.10. The van der Waals surface area contributed by atoms with Crippen molar-refractivity contribution < 1.29 is 9.59 Å². The van der Waals surface area contributed by atoms with Crippen LogP contribution in [-0.4, -0.2) is 65.1 Å². The fourth-order valence-electron chi connectivity index (χ4n) is 3.21. The molecule has 0 saturated carbocycles. The minimum atomic E-state index is -0.336. The summed E-state index contributed by atoms with van der Waals surface area (Å²) in [5, 5.41) is 8.86. The summed E-state index contributed by atoms with van der Waals surface area (Å²) in [6.07, 6.45) is 0.880. The summed E-state index contributed by atoms with van der Waals surface area (Å²) in [7, 11) is 0. The lowest BCUT2D eigenvalue weighted by Crippen LogP contribution is -2.43. The molecule has 0 radical (unpaired) electrons. The molecular formula is C19H27N7O2. The smallest absolute Gasteiger partial charge is 0.324 e. The summed E-state index contributed by atoms with van der Waals surface area (Å²) >= 11 is 0. The van der Waals surface area contributed by atoms with Crippen LogP contribution >= 0.6 is 0 Å². The van der Waals surface area contributed by atoms with Gasteiger partial charge in [0, 0.05) is 32.7 Å². The first-order valence-corrected chi connectivity index (χ1v) is 9.62. The normalized spacial score (nSPS) is 14.6. The summed E-state index contributed by atoms with van der Waals surface area (Å²) in [5.74, 6) is 1.49. The number of aromatic nitrogens is 2. The maximum Gasteiger partial charge on any atom is 0.324 e. The number of imidazole rings is 1. The van der Waals surface area contributed by atoms with Crippen LogP contribution in [0, 0.1) is 6.92 Å². The predicted molar refractivity (Wildman–Crippen MR) is 108 cm³/mol. The van der Waals surface area contributed by atoms with Crippen molar-refractivity contribution in [2.45, 2.75) is 26.8 Å². The number of hydrogen-bond acceptors (Lipinski definition) is 4. The number of aliphatic imine (C=N–C) groups is 1. The van der Waals surface area contributed by atoms with Gasteiger partial charge in [-0.25, -0.2) is 9.78 Å². The molecule has 2 heterocycles. The number of carbonyl (C=O) groups excluding carboxylic acids is 2. The minimum Gasteiger partial charge on any atom is -0.357 e. The number of hydrogen-bond donors (Lipinski definition) is 3. The molecule has 0 spiro atoms. The average molecular weight is 385 g/mol. The molecule has 0 unspecified atom stereocenters. The third kappa shape index (κ3) is 4.59. The van der Waals surface area contributed by atoms with E-state index in [1.165, 1.54) is 4.90 Å². The number of benzene rings is 1. The zero-order chi connectivity index (χ0) is 19.9. The molecule has 1 fully saturated rings. The van der Waals surface area contributed by atoms with Crippen LogP contribution in [0.2, 0.25) is 0 Å². The molecule has 1 aliphatic heterocycles. The van der Waals surface area contributed by atoms with E-state index < -0.39 is 0 Å². The van der Waals surface area contributed by atoms with E-state index in [4.69, 9.17) is 0 Å². The number of amides is 3. The van der Waals surface area contributed by atoms with E-state index in [2.05, 4.69) is 36.6 Å². The largest absolute Gasteiger partial charge is 0.357 e. The SMILES string of the molecule is CCNC(=NCCCn1c(C)nc2ccccc21)NCCN1C(=O)CNC1=O. The number of rotatable bonds is 8. The molecule has 1 saturated heterocycles.